The highest BCUT2D eigenvalue weighted by atomic mass is 79.9. The number of carbonyl (C=O) groups excluding carboxylic acids is 2. The molecule has 1 saturated carbocycles. The number of carbonyl (C=O) groups is 2. The number of nitro groups is 2. The number of hydrogen-bond acceptors (Lipinski definition) is 7. The first-order valence-corrected chi connectivity index (χ1v) is 11.7. The Morgan fingerprint density at radius 3 is 1.75 bits per heavy atom. The summed E-state index contributed by atoms with van der Waals surface area (Å²) >= 11 is 6.47. The average molecular weight is 626 g/mol. The van der Waals surface area contributed by atoms with Gasteiger partial charge in [-0.15, -0.1) is 0 Å². The van der Waals surface area contributed by atoms with Crippen LogP contribution in [-0.4, -0.2) is 26.6 Å². The molecular formula is C22H12Br2F2N4O6. The van der Waals surface area contributed by atoms with Crippen molar-refractivity contribution < 1.29 is 28.2 Å². The highest BCUT2D eigenvalue weighted by molar-refractivity contribution is 9.11. The molecule has 0 unspecified atom stereocenters. The lowest BCUT2D eigenvalue weighted by Gasteiger charge is -2.25. The lowest BCUT2D eigenvalue weighted by molar-refractivity contribution is -0.385. The number of rotatable bonds is 6. The molecule has 4 rings (SSSR count). The maximum Gasteiger partial charge on any atom is 0.272 e. The zero-order valence-electron chi connectivity index (χ0n) is 17.8. The molecule has 184 valence electrons. The van der Waals surface area contributed by atoms with Gasteiger partial charge in [0.2, 0.25) is 0 Å². The summed E-state index contributed by atoms with van der Waals surface area (Å²) in [6, 6.07) is 6.10. The van der Waals surface area contributed by atoms with Crippen molar-refractivity contribution in [1.29, 1.82) is 0 Å². The van der Waals surface area contributed by atoms with E-state index in [1.165, 1.54) is 0 Å². The molecule has 0 atom stereocenters. The Morgan fingerprint density at radius 2 is 1.36 bits per heavy atom. The fraction of sp³-hybridized carbons (Fsp3) is 0.136. The van der Waals surface area contributed by atoms with E-state index in [-0.39, 0.29) is 16.2 Å². The molecule has 2 amide bonds. The van der Waals surface area contributed by atoms with Crippen LogP contribution < -0.4 is 4.90 Å². The third-order valence-electron chi connectivity index (χ3n) is 5.38. The minimum atomic E-state index is -1.27. The minimum Gasteiger partial charge on any atom is -0.268 e. The summed E-state index contributed by atoms with van der Waals surface area (Å²) in [7, 11) is 0. The highest BCUT2D eigenvalue weighted by Crippen LogP contribution is 2.48. The molecule has 1 aromatic heterocycles. The number of hydrogen-bond donors (Lipinski definition) is 0. The highest BCUT2D eigenvalue weighted by Gasteiger charge is 2.37. The van der Waals surface area contributed by atoms with Gasteiger partial charge in [-0.25, -0.2) is 18.7 Å². The summed E-state index contributed by atoms with van der Waals surface area (Å²) in [5.74, 6) is -5.09. The first-order valence-electron chi connectivity index (χ1n) is 10.1. The van der Waals surface area contributed by atoms with Crippen LogP contribution in [0.1, 0.15) is 45.0 Å². The van der Waals surface area contributed by atoms with Crippen molar-refractivity contribution in [2.24, 2.45) is 0 Å². The fourth-order valence-electron chi connectivity index (χ4n) is 3.54. The van der Waals surface area contributed by atoms with E-state index in [0.29, 0.717) is 27.2 Å². The number of nitrogens with zero attached hydrogens (tertiary/aromatic N) is 4. The number of amides is 2. The maximum absolute atomic E-state index is 14.8. The molecule has 0 spiro atoms. The van der Waals surface area contributed by atoms with E-state index < -0.39 is 55.8 Å². The Hall–Kier alpha value is -3.65. The van der Waals surface area contributed by atoms with Crippen LogP contribution in [-0.2, 0) is 0 Å². The van der Waals surface area contributed by atoms with Gasteiger partial charge in [-0.05, 0) is 74.4 Å². The molecule has 1 aliphatic carbocycles. The molecule has 1 fully saturated rings. The van der Waals surface area contributed by atoms with Crippen molar-refractivity contribution in [3.63, 3.8) is 0 Å². The van der Waals surface area contributed by atoms with E-state index >= 15 is 0 Å². The molecular weight excluding hydrogens is 614 g/mol. The predicted molar refractivity (Wildman–Crippen MR) is 129 cm³/mol. The number of aromatic nitrogens is 1. The average Bonchev–Trinajstić information content (AvgIpc) is 3.65. The van der Waals surface area contributed by atoms with Crippen LogP contribution in [0.15, 0.2) is 51.7 Å². The Morgan fingerprint density at radius 1 is 0.889 bits per heavy atom. The van der Waals surface area contributed by atoms with Crippen LogP contribution in [0.3, 0.4) is 0 Å². The second-order valence-corrected chi connectivity index (χ2v) is 9.30. The standard InChI is InChI=1S/C22H12Br2F2N4O6/c23-18-9-15(10-1-2-10)19(20(24)27-18)28(21(31)13-5-3-11(29(33)34)7-16(13)25)22(32)14-6-4-12(30(35)36)8-17(14)26/h3-10H,1-2H2. The van der Waals surface area contributed by atoms with Gasteiger partial charge in [0.05, 0.1) is 38.8 Å². The van der Waals surface area contributed by atoms with E-state index in [4.69, 9.17) is 0 Å². The minimum absolute atomic E-state index is 0.0186. The molecule has 2 aromatic carbocycles. The first-order chi connectivity index (χ1) is 17.0. The van der Waals surface area contributed by atoms with Gasteiger partial charge in [-0.3, -0.25) is 29.8 Å². The second kappa shape index (κ2) is 9.78. The van der Waals surface area contributed by atoms with Gasteiger partial charge < -0.3 is 0 Å². The number of anilines is 1. The van der Waals surface area contributed by atoms with Crippen molar-refractivity contribution >= 4 is 60.7 Å². The SMILES string of the molecule is O=C(c1ccc([N+](=O)[O-])cc1F)N(C(=O)c1ccc([N+](=O)[O-])cc1F)c1c(C2CC2)cc(Br)nc1Br. The Bertz CT molecular complexity index is 1390. The number of halogens is 4. The predicted octanol–water partition coefficient (Wildman–Crippen LogP) is 6.07. The number of pyridine rings is 1. The number of non-ortho nitro benzene ring substituents is 2. The fourth-order valence-corrected chi connectivity index (χ4v) is 4.80. The summed E-state index contributed by atoms with van der Waals surface area (Å²) in [4.78, 5) is 52.1. The molecule has 0 N–H and O–H groups in total. The third kappa shape index (κ3) is 4.86. The van der Waals surface area contributed by atoms with E-state index in [1.807, 2.05) is 0 Å². The molecule has 1 aliphatic rings. The van der Waals surface area contributed by atoms with Gasteiger partial charge in [0.25, 0.3) is 23.2 Å². The molecule has 10 nitrogen and oxygen atoms in total. The number of benzene rings is 2. The normalized spacial score (nSPS) is 12.8. The zero-order chi connectivity index (χ0) is 26.3. The first kappa shape index (κ1) is 25.4. The van der Waals surface area contributed by atoms with Crippen LogP contribution in [0, 0.1) is 31.9 Å². The molecule has 36 heavy (non-hydrogen) atoms. The largest absolute Gasteiger partial charge is 0.272 e. The van der Waals surface area contributed by atoms with Gasteiger partial charge >= 0.3 is 0 Å². The Kier molecular flexibility index (Phi) is 6.91. The molecule has 0 radical (unpaired) electrons. The van der Waals surface area contributed by atoms with Crippen molar-refractivity contribution in [3.05, 3.63) is 100 Å². The summed E-state index contributed by atoms with van der Waals surface area (Å²) in [6.45, 7) is 0. The van der Waals surface area contributed by atoms with Gasteiger partial charge in [-0.1, -0.05) is 0 Å². The van der Waals surface area contributed by atoms with Crippen LogP contribution in [0.2, 0.25) is 0 Å². The summed E-state index contributed by atoms with van der Waals surface area (Å²) in [5.41, 5.74) is -2.18. The summed E-state index contributed by atoms with van der Waals surface area (Å²) in [6.07, 6.45) is 1.45. The van der Waals surface area contributed by atoms with Crippen molar-refractivity contribution in [2.75, 3.05) is 4.90 Å². The number of imide groups is 1. The quantitative estimate of drug-likeness (QED) is 0.140. The van der Waals surface area contributed by atoms with Crippen LogP contribution in [0.4, 0.5) is 25.8 Å². The lowest BCUT2D eigenvalue weighted by atomic mass is 10.1. The van der Waals surface area contributed by atoms with Crippen molar-refractivity contribution in [3.8, 4) is 0 Å². The molecule has 0 bridgehead atoms. The van der Waals surface area contributed by atoms with E-state index in [2.05, 4.69) is 36.8 Å². The van der Waals surface area contributed by atoms with E-state index in [1.54, 1.807) is 6.07 Å². The van der Waals surface area contributed by atoms with Gasteiger partial charge in [-0.2, -0.15) is 0 Å². The Balaban J connectivity index is 1.92. The Labute approximate surface area is 217 Å². The van der Waals surface area contributed by atoms with E-state index in [0.717, 1.165) is 37.1 Å². The van der Waals surface area contributed by atoms with Crippen LogP contribution >= 0.6 is 31.9 Å². The summed E-state index contributed by atoms with van der Waals surface area (Å²) < 4.78 is 30.0. The molecule has 0 saturated heterocycles. The van der Waals surface area contributed by atoms with Crippen molar-refractivity contribution in [2.45, 2.75) is 18.8 Å². The second-order valence-electron chi connectivity index (χ2n) is 7.74. The van der Waals surface area contributed by atoms with E-state index in [9.17, 15) is 38.6 Å². The third-order valence-corrected chi connectivity index (χ3v) is 6.34. The van der Waals surface area contributed by atoms with Gasteiger partial charge in [0.15, 0.2) is 0 Å². The van der Waals surface area contributed by atoms with Crippen LogP contribution in [0.25, 0.3) is 0 Å². The van der Waals surface area contributed by atoms with Gasteiger partial charge in [0, 0.05) is 12.1 Å². The molecule has 1 heterocycles. The topological polar surface area (TPSA) is 137 Å². The maximum atomic E-state index is 14.8. The lowest BCUT2D eigenvalue weighted by Crippen LogP contribution is -2.39. The smallest absolute Gasteiger partial charge is 0.268 e. The monoisotopic (exact) mass is 624 g/mol. The van der Waals surface area contributed by atoms with Gasteiger partial charge in [0.1, 0.15) is 20.8 Å². The molecule has 0 aliphatic heterocycles. The molecule has 14 heteroatoms. The molecule has 3 aromatic rings. The van der Waals surface area contributed by atoms with Crippen molar-refractivity contribution in [1.82, 2.24) is 4.98 Å². The van der Waals surface area contributed by atoms with Crippen LogP contribution in [0.5, 0.6) is 0 Å². The number of nitro benzene ring substituents is 2. The zero-order valence-corrected chi connectivity index (χ0v) is 21.0. The summed E-state index contributed by atoms with van der Waals surface area (Å²) in [5, 5.41) is 22.0.